The van der Waals surface area contributed by atoms with Crippen molar-refractivity contribution in [1.82, 2.24) is 50.8 Å². The Morgan fingerprint density at radius 1 is 0.750 bits per heavy atom. The first-order valence-electron chi connectivity index (χ1n) is 26.0. The summed E-state index contributed by atoms with van der Waals surface area (Å²) in [6.07, 6.45) is 1.29. The number of carboxylic acid groups (broad SMARTS) is 2. The van der Waals surface area contributed by atoms with Crippen molar-refractivity contribution in [2.45, 2.75) is 101 Å². The molecule has 2 aromatic rings. The molecule has 0 bridgehead atoms. The lowest BCUT2D eigenvalue weighted by atomic mass is 9.92. The number of carboxylic acids is 2. The van der Waals surface area contributed by atoms with Crippen molar-refractivity contribution in [3.8, 4) is 12.3 Å². The third-order valence-electron chi connectivity index (χ3n) is 11.8. The van der Waals surface area contributed by atoms with Crippen molar-refractivity contribution in [2.24, 2.45) is 32.9 Å². The van der Waals surface area contributed by atoms with Crippen LogP contribution in [0.2, 0.25) is 0 Å². The third-order valence-corrected chi connectivity index (χ3v) is 11.8. The number of terminal acetylenes is 1. The SMILES string of the molecule is C#CCOCCOCCOCCOCCC(=O)N(Cc1cn(CCNC(=O)CO[C@H]([C@H](O)CO)[C@H]2C[C@@H](N=C(N)N)C=C(C(=O)O)O2)nn1)Cc1cn(CCNC(=O)CO[C@@H]([C@@H]2OC(C(=O)O)=C[C@H](N=C(N)N)[C@H]2NC(C)=O)[C@H](O)CO)nn1. The second-order valence-corrected chi connectivity index (χ2v) is 18.3. The normalized spacial score (nSPS) is 18.8. The maximum atomic E-state index is 13.7. The Labute approximate surface area is 480 Å². The summed E-state index contributed by atoms with van der Waals surface area (Å²) in [6.45, 7) is 0.0119. The first kappa shape index (κ1) is 68.4. The van der Waals surface area contributed by atoms with E-state index in [0.29, 0.717) is 37.8 Å². The van der Waals surface area contributed by atoms with E-state index in [2.05, 4.69) is 52.5 Å². The fourth-order valence-corrected chi connectivity index (χ4v) is 8.07. The summed E-state index contributed by atoms with van der Waals surface area (Å²) in [7, 11) is 0. The van der Waals surface area contributed by atoms with E-state index in [1.54, 1.807) is 6.20 Å². The lowest BCUT2D eigenvalue weighted by Crippen LogP contribution is -2.60. The molecule has 36 nitrogen and oxygen atoms in total. The predicted octanol–water partition coefficient (Wildman–Crippen LogP) is -7.89. The van der Waals surface area contributed by atoms with Gasteiger partial charge >= 0.3 is 11.9 Å². The summed E-state index contributed by atoms with van der Waals surface area (Å²) in [5.74, 6) is -4.93. The number of ether oxygens (including phenoxy) is 8. The summed E-state index contributed by atoms with van der Waals surface area (Å²) in [6, 6.07) is -3.31. The Kier molecular flexibility index (Phi) is 29.7. The van der Waals surface area contributed by atoms with Gasteiger partial charge in [0.2, 0.25) is 35.1 Å². The fourth-order valence-electron chi connectivity index (χ4n) is 8.07. The minimum atomic E-state index is -1.75. The molecule has 0 aromatic carbocycles. The van der Waals surface area contributed by atoms with E-state index in [1.807, 2.05) is 0 Å². The number of aliphatic hydroxyl groups excluding tert-OH is 4. The first-order valence-corrected chi connectivity index (χ1v) is 26.0. The van der Waals surface area contributed by atoms with Crippen LogP contribution in [0, 0.1) is 12.3 Å². The quantitative estimate of drug-likeness (QED) is 0.0128. The lowest BCUT2D eigenvalue weighted by molar-refractivity contribution is -0.158. The lowest BCUT2D eigenvalue weighted by Gasteiger charge is -2.40. The molecule has 0 radical (unpaired) electrons. The predicted molar refractivity (Wildman–Crippen MR) is 285 cm³/mol. The number of aliphatic imine (C=N–C) groups is 2. The Morgan fingerprint density at radius 3 is 1.75 bits per heavy atom. The second-order valence-electron chi connectivity index (χ2n) is 18.3. The van der Waals surface area contributed by atoms with Crippen LogP contribution in [0.25, 0.3) is 0 Å². The van der Waals surface area contributed by atoms with Gasteiger partial charge in [-0.2, -0.15) is 0 Å². The van der Waals surface area contributed by atoms with E-state index in [-0.39, 0.29) is 90.4 Å². The van der Waals surface area contributed by atoms with Gasteiger partial charge in [-0.05, 0) is 12.2 Å². The minimum Gasteiger partial charge on any atom is -0.480 e. The van der Waals surface area contributed by atoms with Crippen LogP contribution in [0.1, 0.15) is 31.2 Å². The van der Waals surface area contributed by atoms with Gasteiger partial charge in [-0.15, -0.1) is 16.6 Å². The van der Waals surface area contributed by atoms with E-state index in [9.17, 15) is 59.4 Å². The molecule has 0 aliphatic carbocycles. The number of nitrogens with one attached hydrogen (secondary N) is 3. The molecule has 0 saturated carbocycles. The molecule has 0 spiro atoms. The van der Waals surface area contributed by atoms with Crippen molar-refractivity contribution in [3.63, 3.8) is 0 Å². The van der Waals surface area contributed by atoms with Gasteiger partial charge in [0.25, 0.3) is 0 Å². The number of hydrogen-bond donors (Lipinski definition) is 13. The zero-order valence-electron chi connectivity index (χ0n) is 46.0. The summed E-state index contributed by atoms with van der Waals surface area (Å²) >= 11 is 0. The molecule has 4 amide bonds. The highest BCUT2D eigenvalue weighted by atomic mass is 16.6. The summed E-state index contributed by atoms with van der Waals surface area (Å²) in [5, 5.41) is 84.5. The van der Waals surface area contributed by atoms with Crippen molar-refractivity contribution in [1.29, 1.82) is 0 Å². The number of rotatable bonds is 40. The van der Waals surface area contributed by atoms with Crippen LogP contribution in [-0.2, 0) is 92.8 Å². The first-order chi connectivity index (χ1) is 40.2. The monoisotopic (exact) mass is 1190 g/mol. The zero-order valence-corrected chi connectivity index (χ0v) is 46.0. The largest absolute Gasteiger partial charge is 0.480 e. The van der Waals surface area contributed by atoms with Gasteiger partial charge in [0.05, 0.1) is 123 Å². The molecule has 4 rings (SSSR count). The number of amides is 4. The third kappa shape index (κ3) is 24.4. The maximum absolute atomic E-state index is 13.7. The van der Waals surface area contributed by atoms with Gasteiger partial charge in [0.1, 0.15) is 61.7 Å². The highest BCUT2D eigenvalue weighted by molar-refractivity contribution is 5.86. The van der Waals surface area contributed by atoms with Crippen LogP contribution in [0.15, 0.2) is 46.0 Å². The maximum Gasteiger partial charge on any atom is 0.370 e. The van der Waals surface area contributed by atoms with Gasteiger partial charge < -0.3 is 112 Å². The van der Waals surface area contributed by atoms with E-state index in [4.69, 9.17) is 67.3 Å². The van der Waals surface area contributed by atoms with Gasteiger partial charge in [-0.3, -0.25) is 28.5 Å². The van der Waals surface area contributed by atoms with E-state index >= 15 is 0 Å². The van der Waals surface area contributed by atoms with Gasteiger partial charge in [-0.1, -0.05) is 16.3 Å². The number of hydrogen-bond acceptors (Lipinski definition) is 24. The molecular formula is C48H74N16O20. The standard InChI is InChI=1S/C48H74N16O20/c1-3-9-77-11-13-79-15-16-80-14-12-78-10-4-40(72)62(20-30-22-63(60-58-30)7-5-53-38(70)26-81-42(33(68)24-65)35-17-29(56-47(49)50)18-36(83-35)45(73)74)21-31-23-64(61-59-31)8-6-54-39(71)27-82-43(34(69)25-66)44-41(55-28(2)67)32(57-48(51)52)19-37(84-44)46(75)76/h1,18-19,22-23,29,32-35,41-44,65-66,68-69H,4-17,20-21,24-27H2,2H3,(H,53,70)(H,54,71)(H,55,67)(H,73,74)(H,75,76)(H4,49,50,56)(H4,51,52,57)/t29-,32+,33-,34-,35-,41-,42-,43-,44-/m1/s1. The number of carbonyl (C=O) groups excluding carboxylic acids is 4. The molecule has 2 aliphatic heterocycles. The Morgan fingerprint density at radius 2 is 1.25 bits per heavy atom. The van der Waals surface area contributed by atoms with Crippen LogP contribution < -0.4 is 38.9 Å². The average Bonchev–Trinajstić information content (AvgIpc) is 4.10. The number of aromatic nitrogens is 6. The van der Waals surface area contributed by atoms with Crippen LogP contribution in [0.3, 0.4) is 0 Å². The highest BCUT2D eigenvalue weighted by Crippen LogP contribution is 2.28. The molecule has 0 unspecified atom stereocenters. The Bertz CT molecular complexity index is 2600. The molecule has 36 heteroatoms. The van der Waals surface area contributed by atoms with Gasteiger partial charge in [0.15, 0.2) is 18.0 Å². The van der Waals surface area contributed by atoms with Crippen molar-refractivity contribution < 1.29 is 97.3 Å². The molecule has 2 aromatic heterocycles. The summed E-state index contributed by atoms with van der Waals surface area (Å²) in [5.41, 5.74) is 22.7. The van der Waals surface area contributed by atoms with Crippen molar-refractivity contribution in [2.75, 3.05) is 92.4 Å². The minimum absolute atomic E-state index is 0.00449. The summed E-state index contributed by atoms with van der Waals surface area (Å²) in [4.78, 5) is 84.9. The topological polar surface area (TPSA) is 527 Å². The molecule has 2 aliphatic rings. The fraction of sp³-hybridized carbons (Fsp3) is 0.625. The Hall–Kier alpha value is -8.12. The van der Waals surface area contributed by atoms with Crippen LogP contribution >= 0.6 is 0 Å². The number of aliphatic hydroxyl groups is 4. The molecule has 0 fully saturated rings. The van der Waals surface area contributed by atoms with E-state index in [0.717, 1.165) is 13.0 Å². The Balaban J connectivity index is 1.34. The van der Waals surface area contributed by atoms with Crippen molar-refractivity contribution in [3.05, 3.63) is 47.5 Å². The molecule has 4 heterocycles. The van der Waals surface area contributed by atoms with Gasteiger partial charge in [0, 0.05) is 26.4 Å². The van der Waals surface area contributed by atoms with Crippen LogP contribution in [-0.4, -0.2) is 260 Å². The van der Waals surface area contributed by atoms with E-state index in [1.165, 1.54) is 26.5 Å². The molecular weight excluding hydrogens is 1120 g/mol. The molecule has 17 N–H and O–H groups in total. The number of nitrogens with zero attached hydrogens (tertiary/aromatic N) is 9. The van der Waals surface area contributed by atoms with Gasteiger partial charge in [-0.25, -0.2) is 19.6 Å². The van der Waals surface area contributed by atoms with Crippen molar-refractivity contribution >= 4 is 47.5 Å². The molecule has 0 saturated heterocycles. The highest BCUT2D eigenvalue weighted by Gasteiger charge is 2.45. The second kappa shape index (κ2) is 36.5. The van der Waals surface area contributed by atoms with Crippen LogP contribution in [0.4, 0.5) is 0 Å². The molecule has 9 atom stereocenters. The zero-order chi connectivity index (χ0) is 61.6. The molecule has 84 heavy (non-hydrogen) atoms. The van der Waals surface area contributed by atoms with Crippen LogP contribution in [0.5, 0.6) is 0 Å². The number of guanidine groups is 2. The number of nitrogens with two attached hydrogens (primary N) is 4. The average molecular weight is 1200 g/mol. The summed E-state index contributed by atoms with van der Waals surface area (Å²) < 4.78 is 46.9. The number of carbonyl (C=O) groups is 6. The molecule has 466 valence electrons. The van der Waals surface area contributed by atoms with E-state index < -0.39 is 128 Å². The smallest absolute Gasteiger partial charge is 0.370 e. The number of aliphatic carboxylic acids is 2.